The highest BCUT2D eigenvalue weighted by molar-refractivity contribution is 6.02. The molecule has 0 N–H and O–H groups in total. The largest absolute Gasteiger partial charge is 0.654 e. The zero-order valence-corrected chi connectivity index (χ0v) is 12.5. The van der Waals surface area contributed by atoms with Crippen molar-refractivity contribution in [2.75, 3.05) is 0 Å². The number of halogens is 6. The van der Waals surface area contributed by atoms with Gasteiger partial charge in [-0.2, -0.15) is 26.3 Å². The minimum Gasteiger partial charge on any atom is -0.654 e. The molecule has 0 aromatic heterocycles. The van der Waals surface area contributed by atoms with E-state index in [1.54, 1.807) is 12.1 Å². The van der Waals surface area contributed by atoms with Crippen molar-refractivity contribution in [2.45, 2.75) is 12.4 Å². The van der Waals surface area contributed by atoms with Gasteiger partial charge in [-0.15, -0.1) is 5.69 Å². The molecule has 0 aliphatic carbocycles. The van der Waals surface area contributed by atoms with Gasteiger partial charge in [0.1, 0.15) is 5.71 Å². The van der Waals surface area contributed by atoms with Gasteiger partial charge in [0.25, 0.3) is 0 Å². The van der Waals surface area contributed by atoms with Crippen molar-refractivity contribution in [1.29, 1.82) is 0 Å². The van der Waals surface area contributed by atoms with Gasteiger partial charge >= 0.3 is 12.4 Å². The molecule has 132 valence electrons. The zero-order chi connectivity index (χ0) is 18.5. The Morgan fingerprint density at radius 2 is 1.28 bits per heavy atom. The first kappa shape index (κ1) is 18.6. The molecular formula is C17H11F6N2-. The molecule has 2 rings (SSSR count). The maximum Gasteiger partial charge on any atom is 0.433 e. The lowest BCUT2D eigenvalue weighted by Gasteiger charge is -2.28. The van der Waals surface area contributed by atoms with Crippen LogP contribution in [0.5, 0.6) is 0 Å². The van der Waals surface area contributed by atoms with Crippen molar-refractivity contribution in [3.63, 3.8) is 0 Å². The molecule has 0 unspecified atom stereocenters. The molecule has 0 aliphatic rings. The molecule has 0 saturated carbocycles. The quantitative estimate of drug-likeness (QED) is 0.443. The lowest BCUT2D eigenvalue weighted by atomic mass is 10.2. The summed E-state index contributed by atoms with van der Waals surface area (Å²) in [5.41, 5.74) is -3.61. The summed E-state index contributed by atoms with van der Waals surface area (Å²) in [6.45, 7) is 0. The molecule has 0 atom stereocenters. The van der Waals surface area contributed by atoms with E-state index in [0.29, 0.717) is 0 Å². The van der Waals surface area contributed by atoms with Crippen LogP contribution in [-0.2, 0) is 0 Å². The third kappa shape index (κ3) is 5.66. The zero-order valence-electron chi connectivity index (χ0n) is 12.5. The van der Waals surface area contributed by atoms with E-state index in [-0.39, 0.29) is 17.5 Å². The van der Waals surface area contributed by atoms with E-state index in [4.69, 9.17) is 0 Å². The van der Waals surface area contributed by atoms with Crippen LogP contribution in [-0.4, -0.2) is 18.1 Å². The number of aliphatic imine (C=N–C) groups is 1. The molecule has 0 amide bonds. The van der Waals surface area contributed by atoms with Gasteiger partial charge in [-0.25, -0.2) is 4.99 Å². The first-order valence-corrected chi connectivity index (χ1v) is 6.93. The molecule has 2 aromatic rings. The topological polar surface area (TPSA) is 26.5 Å². The second kappa shape index (κ2) is 7.42. The second-order valence-electron chi connectivity index (χ2n) is 4.81. The molecule has 2 nitrogen and oxygen atoms in total. The van der Waals surface area contributed by atoms with Crippen LogP contribution < -0.4 is 0 Å². The standard InChI is InChI=1S/C17H11F6N2/c18-16(19,20)14(24-12-7-3-1-4-8-12)11-15(17(21,22)23)25-13-9-5-2-6-10-13/h1-11H/q-1/b14-11-,25-15?. The SMILES string of the molecule is FC(F)(F)C(/C=C(\[N-]c1ccccc1)C(F)(F)F)=Nc1ccccc1. The average molecular weight is 357 g/mol. The smallest absolute Gasteiger partial charge is 0.433 e. The minimum absolute atomic E-state index is 0.0972. The summed E-state index contributed by atoms with van der Waals surface area (Å²) in [4.78, 5) is 3.28. The Morgan fingerprint density at radius 3 is 1.76 bits per heavy atom. The Bertz CT molecular complexity index is 746. The van der Waals surface area contributed by atoms with Gasteiger partial charge < -0.3 is 5.32 Å². The van der Waals surface area contributed by atoms with Crippen molar-refractivity contribution in [1.82, 2.24) is 0 Å². The fraction of sp³-hybridized carbons (Fsp3) is 0.118. The van der Waals surface area contributed by atoms with Gasteiger partial charge in [0.15, 0.2) is 0 Å². The van der Waals surface area contributed by atoms with Crippen LogP contribution >= 0.6 is 0 Å². The number of hydrogen-bond donors (Lipinski definition) is 0. The number of para-hydroxylation sites is 2. The molecule has 2 aromatic carbocycles. The molecule has 0 radical (unpaired) electrons. The highest BCUT2D eigenvalue weighted by atomic mass is 19.4. The van der Waals surface area contributed by atoms with Gasteiger partial charge in [0.2, 0.25) is 0 Å². The van der Waals surface area contributed by atoms with E-state index in [1.165, 1.54) is 48.5 Å². The normalized spacial score (nSPS) is 13.7. The first-order valence-electron chi connectivity index (χ1n) is 6.93. The fourth-order valence-electron chi connectivity index (χ4n) is 1.77. The minimum atomic E-state index is -5.07. The average Bonchev–Trinajstić information content (AvgIpc) is 2.53. The summed E-state index contributed by atoms with van der Waals surface area (Å²) in [6.07, 6.45) is -10.2. The highest BCUT2D eigenvalue weighted by Gasteiger charge is 2.36. The maximum atomic E-state index is 13.1. The van der Waals surface area contributed by atoms with Crippen LogP contribution in [0.1, 0.15) is 0 Å². The Hall–Kier alpha value is -2.77. The van der Waals surface area contributed by atoms with Gasteiger partial charge in [-0.3, -0.25) is 0 Å². The van der Waals surface area contributed by atoms with Gasteiger partial charge in [-0.1, -0.05) is 54.2 Å². The van der Waals surface area contributed by atoms with E-state index < -0.39 is 23.8 Å². The summed E-state index contributed by atoms with van der Waals surface area (Å²) in [6, 6.07) is 13.8. The van der Waals surface area contributed by atoms with Crippen molar-refractivity contribution in [2.24, 2.45) is 4.99 Å². The molecule has 8 heteroatoms. The Labute approximate surface area is 139 Å². The number of nitrogens with zero attached hydrogens (tertiary/aromatic N) is 2. The predicted molar refractivity (Wildman–Crippen MR) is 83.2 cm³/mol. The van der Waals surface area contributed by atoms with Gasteiger partial charge in [-0.05, 0) is 18.2 Å². The Balaban J connectivity index is 2.47. The van der Waals surface area contributed by atoms with Crippen LogP contribution in [0, 0.1) is 0 Å². The van der Waals surface area contributed by atoms with E-state index in [9.17, 15) is 26.3 Å². The van der Waals surface area contributed by atoms with Crippen molar-refractivity contribution in [3.8, 4) is 0 Å². The van der Waals surface area contributed by atoms with Gasteiger partial charge in [0, 0.05) is 0 Å². The molecular weight excluding hydrogens is 346 g/mol. The van der Waals surface area contributed by atoms with Crippen molar-refractivity contribution < 1.29 is 26.3 Å². The summed E-state index contributed by atoms with van der Waals surface area (Å²) < 4.78 is 78.7. The first-order chi connectivity index (χ1) is 11.7. The van der Waals surface area contributed by atoms with Crippen molar-refractivity contribution in [3.05, 3.63) is 77.8 Å². The van der Waals surface area contributed by atoms with Crippen LogP contribution in [0.15, 0.2) is 77.4 Å². The van der Waals surface area contributed by atoms with Crippen molar-refractivity contribution >= 4 is 17.1 Å². The maximum absolute atomic E-state index is 13.1. The van der Waals surface area contributed by atoms with E-state index in [2.05, 4.69) is 10.3 Å². The number of allylic oxidation sites excluding steroid dienone is 2. The third-order valence-corrected chi connectivity index (χ3v) is 2.87. The fourth-order valence-corrected chi connectivity index (χ4v) is 1.77. The van der Waals surface area contributed by atoms with Crippen LogP contribution in [0.25, 0.3) is 5.32 Å². The number of alkyl halides is 6. The van der Waals surface area contributed by atoms with E-state index in [0.717, 1.165) is 0 Å². The summed E-state index contributed by atoms with van der Waals surface area (Å²) in [5.74, 6) is 0. The molecule has 0 spiro atoms. The van der Waals surface area contributed by atoms with Crippen LogP contribution in [0.3, 0.4) is 0 Å². The Kier molecular flexibility index (Phi) is 5.51. The molecule has 0 bridgehead atoms. The predicted octanol–water partition coefficient (Wildman–Crippen LogP) is 6.47. The highest BCUT2D eigenvalue weighted by Crippen LogP contribution is 2.36. The number of benzene rings is 2. The third-order valence-electron chi connectivity index (χ3n) is 2.87. The summed E-state index contributed by atoms with van der Waals surface area (Å²) in [7, 11) is 0. The van der Waals surface area contributed by atoms with Crippen LogP contribution in [0.4, 0.5) is 37.7 Å². The molecule has 0 saturated heterocycles. The molecule has 0 fully saturated rings. The monoisotopic (exact) mass is 357 g/mol. The summed E-state index contributed by atoms with van der Waals surface area (Å²) >= 11 is 0. The number of hydrogen-bond acceptors (Lipinski definition) is 1. The summed E-state index contributed by atoms with van der Waals surface area (Å²) in [5, 5.41) is 3.28. The lowest BCUT2D eigenvalue weighted by Crippen LogP contribution is -2.23. The second-order valence-corrected chi connectivity index (χ2v) is 4.81. The lowest BCUT2D eigenvalue weighted by molar-refractivity contribution is -0.0892. The van der Waals surface area contributed by atoms with E-state index >= 15 is 0 Å². The molecule has 25 heavy (non-hydrogen) atoms. The van der Waals surface area contributed by atoms with E-state index in [1.807, 2.05) is 0 Å². The van der Waals surface area contributed by atoms with Crippen LogP contribution in [0.2, 0.25) is 0 Å². The Morgan fingerprint density at radius 1 is 0.760 bits per heavy atom. The molecule has 0 aliphatic heterocycles. The number of rotatable bonds is 4. The molecule has 0 heterocycles. The van der Waals surface area contributed by atoms with Gasteiger partial charge in [0.05, 0.1) is 5.69 Å².